The second-order valence-corrected chi connectivity index (χ2v) is 9.46. The van der Waals surface area contributed by atoms with Crippen LogP contribution in [0.4, 0.5) is 0 Å². The van der Waals surface area contributed by atoms with Crippen LogP contribution in [0, 0.1) is 11.8 Å². The number of nitrogens with zero attached hydrogens (tertiary/aromatic N) is 1. The Morgan fingerprint density at radius 2 is 1.86 bits per heavy atom. The number of para-hydroxylation sites is 1. The second-order valence-electron chi connectivity index (χ2n) is 9.46. The standard InChI is InChI=1S/C31H32N2O2/c1-3-21-18-29(33-20-22(21)4-2)31(27-16-17-32-28-15-8-7-14-26(27)28)35-30(34)19-24-12-9-11-23-10-5-6-13-25(23)24/h4-17,21-22,29,31,33H,2-3,18-20H2,1H3/t21-,22-,29+,31-/m0/s1. The van der Waals surface area contributed by atoms with Gasteiger partial charge in [0.25, 0.3) is 0 Å². The van der Waals surface area contributed by atoms with E-state index in [2.05, 4.69) is 54.1 Å². The van der Waals surface area contributed by atoms with E-state index in [1.165, 1.54) is 0 Å². The minimum Gasteiger partial charge on any atom is -0.456 e. The molecule has 4 heteroatoms. The van der Waals surface area contributed by atoms with Gasteiger partial charge < -0.3 is 10.1 Å². The van der Waals surface area contributed by atoms with Crippen LogP contribution in [0.3, 0.4) is 0 Å². The highest BCUT2D eigenvalue weighted by Gasteiger charge is 2.35. The van der Waals surface area contributed by atoms with Crippen LogP contribution in [0.2, 0.25) is 0 Å². The maximum atomic E-state index is 13.4. The van der Waals surface area contributed by atoms with E-state index in [4.69, 9.17) is 4.74 Å². The lowest BCUT2D eigenvalue weighted by Gasteiger charge is -2.39. The Morgan fingerprint density at radius 3 is 2.69 bits per heavy atom. The molecule has 4 atom stereocenters. The third kappa shape index (κ3) is 4.85. The fourth-order valence-corrected chi connectivity index (χ4v) is 5.53. The van der Waals surface area contributed by atoms with E-state index in [9.17, 15) is 4.79 Å². The third-order valence-corrected chi connectivity index (χ3v) is 7.43. The molecule has 4 aromatic rings. The fourth-order valence-electron chi connectivity index (χ4n) is 5.53. The Labute approximate surface area is 207 Å². The number of benzene rings is 3. The van der Waals surface area contributed by atoms with Gasteiger partial charge >= 0.3 is 5.97 Å². The molecule has 3 aromatic carbocycles. The normalized spacial score (nSPS) is 21.0. The zero-order chi connectivity index (χ0) is 24.2. The lowest BCUT2D eigenvalue weighted by molar-refractivity contribution is -0.151. The molecule has 4 nitrogen and oxygen atoms in total. The molecule has 178 valence electrons. The highest BCUT2D eigenvalue weighted by Crippen LogP contribution is 2.36. The summed E-state index contributed by atoms with van der Waals surface area (Å²) >= 11 is 0. The van der Waals surface area contributed by atoms with Crippen molar-refractivity contribution in [3.63, 3.8) is 0 Å². The van der Waals surface area contributed by atoms with Crippen LogP contribution in [0.1, 0.15) is 37.0 Å². The van der Waals surface area contributed by atoms with E-state index in [1.54, 1.807) is 0 Å². The van der Waals surface area contributed by atoms with E-state index in [0.29, 0.717) is 11.8 Å². The van der Waals surface area contributed by atoms with Gasteiger partial charge in [0.05, 0.1) is 11.9 Å². The first-order valence-electron chi connectivity index (χ1n) is 12.5. The van der Waals surface area contributed by atoms with Crippen molar-refractivity contribution in [2.24, 2.45) is 11.8 Å². The van der Waals surface area contributed by atoms with Gasteiger partial charge in [0.15, 0.2) is 0 Å². The fraction of sp³-hybridized carbons (Fsp3) is 0.290. The first-order valence-corrected chi connectivity index (χ1v) is 12.5. The SMILES string of the molecule is C=C[C@H]1CN[C@@H]([C@@H](OC(=O)Cc2cccc3ccccc23)c2ccnc3ccccc23)C[C@@H]1CC. The summed E-state index contributed by atoms with van der Waals surface area (Å²) in [6.07, 6.45) is 5.71. The molecule has 1 aliphatic heterocycles. The number of carbonyl (C=O) groups excluding carboxylic acids is 1. The highest BCUT2D eigenvalue weighted by atomic mass is 16.5. The number of piperidine rings is 1. The van der Waals surface area contributed by atoms with E-state index in [-0.39, 0.29) is 18.4 Å². The maximum Gasteiger partial charge on any atom is 0.310 e. The summed E-state index contributed by atoms with van der Waals surface area (Å²) in [6.45, 7) is 7.11. The van der Waals surface area contributed by atoms with Crippen LogP contribution in [-0.4, -0.2) is 23.5 Å². The lowest BCUT2D eigenvalue weighted by Crippen LogP contribution is -2.47. The summed E-state index contributed by atoms with van der Waals surface area (Å²) in [4.78, 5) is 17.9. The average Bonchev–Trinajstić information content (AvgIpc) is 2.91. The molecule has 35 heavy (non-hydrogen) atoms. The smallest absolute Gasteiger partial charge is 0.310 e. The van der Waals surface area contributed by atoms with Gasteiger partial charge in [-0.05, 0) is 46.7 Å². The van der Waals surface area contributed by atoms with Gasteiger partial charge in [0, 0.05) is 29.7 Å². The summed E-state index contributed by atoms with van der Waals surface area (Å²) in [6, 6.07) is 24.4. The number of rotatable bonds is 7. The summed E-state index contributed by atoms with van der Waals surface area (Å²) in [7, 11) is 0. The van der Waals surface area contributed by atoms with Crippen LogP contribution >= 0.6 is 0 Å². The van der Waals surface area contributed by atoms with Gasteiger partial charge in [-0.1, -0.05) is 80.1 Å². The molecule has 0 saturated carbocycles. The third-order valence-electron chi connectivity index (χ3n) is 7.43. The predicted octanol–water partition coefficient (Wildman–Crippen LogP) is 6.41. The molecule has 2 heterocycles. The van der Waals surface area contributed by atoms with Crippen molar-refractivity contribution >= 4 is 27.6 Å². The Hall–Kier alpha value is -3.50. The largest absolute Gasteiger partial charge is 0.456 e. The first-order chi connectivity index (χ1) is 17.2. The van der Waals surface area contributed by atoms with Gasteiger partial charge in [-0.15, -0.1) is 6.58 Å². The number of nitrogens with one attached hydrogen (secondary N) is 1. The van der Waals surface area contributed by atoms with E-state index in [1.807, 2.05) is 54.7 Å². The van der Waals surface area contributed by atoms with Gasteiger partial charge in [-0.2, -0.15) is 0 Å². The lowest BCUT2D eigenvalue weighted by atomic mass is 9.79. The number of hydrogen-bond donors (Lipinski definition) is 1. The molecule has 5 rings (SSSR count). The number of ether oxygens (including phenoxy) is 1. The first kappa shape index (κ1) is 23.3. The predicted molar refractivity (Wildman–Crippen MR) is 142 cm³/mol. The van der Waals surface area contributed by atoms with Gasteiger partial charge in [-0.25, -0.2) is 0 Å². The van der Waals surface area contributed by atoms with E-state index < -0.39 is 6.10 Å². The Morgan fingerprint density at radius 1 is 1.09 bits per heavy atom. The van der Waals surface area contributed by atoms with E-state index >= 15 is 0 Å². The molecule has 0 unspecified atom stereocenters. The number of fused-ring (bicyclic) bond motifs is 2. The van der Waals surface area contributed by atoms with Gasteiger partial charge in [0.1, 0.15) is 6.10 Å². The molecule has 1 aliphatic rings. The van der Waals surface area contributed by atoms with Crippen LogP contribution in [-0.2, 0) is 16.0 Å². The van der Waals surface area contributed by atoms with Crippen molar-refractivity contribution in [1.29, 1.82) is 0 Å². The average molecular weight is 465 g/mol. The number of aromatic nitrogens is 1. The van der Waals surface area contributed by atoms with Crippen molar-refractivity contribution in [3.05, 3.63) is 103 Å². The zero-order valence-corrected chi connectivity index (χ0v) is 20.2. The molecule has 1 aromatic heterocycles. The maximum absolute atomic E-state index is 13.4. The number of hydrogen-bond acceptors (Lipinski definition) is 4. The van der Waals surface area contributed by atoms with Gasteiger partial charge in [0.2, 0.25) is 0 Å². The Kier molecular flexibility index (Phi) is 6.91. The minimum atomic E-state index is -0.398. The monoisotopic (exact) mass is 464 g/mol. The highest BCUT2D eigenvalue weighted by molar-refractivity contribution is 5.89. The van der Waals surface area contributed by atoms with Gasteiger partial charge in [-0.3, -0.25) is 9.78 Å². The molecule has 1 saturated heterocycles. The molecule has 0 aliphatic carbocycles. The van der Waals surface area contributed by atoms with Crippen LogP contribution in [0.15, 0.2) is 91.6 Å². The minimum absolute atomic E-state index is 0.0263. The molecular formula is C31H32N2O2. The van der Waals surface area contributed by atoms with Crippen LogP contribution in [0.5, 0.6) is 0 Å². The van der Waals surface area contributed by atoms with Crippen molar-refractivity contribution < 1.29 is 9.53 Å². The molecule has 0 bridgehead atoms. The summed E-state index contributed by atoms with van der Waals surface area (Å²) < 4.78 is 6.34. The number of esters is 1. The topological polar surface area (TPSA) is 51.2 Å². The number of pyridine rings is 1. The summed E-state index contributed by atoms with van der Waals surface area (Å²) in [5, 5.41) is 6.92. The molecule has 1 N–H and O–H groups in total. The molecule has 1 fully saturated rings. The molecule has 0 spiro atoms. The summed E-state index contributed by atoms with van der Waals surface area (Å²) in [5.74, 6) is 0.719. The van der Waals surface area contributed by atoms with Crippen molar-refractivity contribution in [2.75, 3.05) is 6.54 Å². The molecule has 0 radical (unpaired) electrons. The molecular weight excluding hydrogens is 432 g/mol. The Bertz CT molecular complexity index is 1340. The second kappa shape index (κ2) is 10.4. The number of carbonyl (C=O) groups is 1. The zero-order valence-electron chi connectivity index (χ0n) is 20.2. The van der Waals surface area contributed by atoms with E-state index in [0.717, 1.165) is 52.2 Å². The molecule has 0 amide bonds. The van der Waals surface area contributed by atoms with Crippen molar-refractivity contribution in [3.8, 4) is 0 Å². The quantitative estimate of drug-likeness (QED) is 0.254. The summed E-state index contributed by atoms with van der Waals surface area (Å²) in [5.41, 5.74) is 2.90. The van der Waals surface area contributed by atoms with Crippen LogP contribution in [0.25, 0.3) is 21.7 Å². The van der Waals surface area contributed by atoms with Crippen molar-refractivity contribution in [2.45, 2.75) is 38.3 Å². The van der Waals surface area contributed by atoms with Crippen molar-refractivity contribution in [1.82, 2.24) is 10.3 Å². The Balaban J connectivity index is 1.47. The van der Waals surface area contributed by atoms with Crippen LogP contribution < -0.4 is 5.32 Å².